The summed E-state index contributed by atoms with van der Waals surface area (Å²) in [4.78, 5) is 25.0. The van der Waals surface area contributed by atoms with Gasteiger partial charge in [0.2, 0.25) is 5.91 Å². The van der Waals surface area contributed by atoms with E-state index >= 15 is 0 Å². The van der Waals surface area contributed by atoms with E-state index in [-0.39, 0.29) is 11.7 Å². The van der Waals surface area contributed by atoms with Crippen LogP contribution in [0.4, 0.5) is 11.4 Å². The maximum Gasteiger partial charge on any atom is 0.248 e. The number of carbonyl (C=O) groups excluding carboxylic acids is 2. The van der Waals surface area contributed by atoms with Crippen molar-refractivity contribution in [1.82, 2.24) is 0 Å². The number of ketones is 1. The van der Waals surface area contributed by atoms with Crippen LogP contribution < -0.4 is 29.6 Å². The maximum absolute atomic E-state index is 12.6. The number of halogens is 1. The molecule has 0 fully saturated rings. The predicted octanol–water partition coefficient (Wildman–Crippen LogP) is 5.83. The number of benzene rings is 3. The van der Waals surface area contributed by atoms with Crippen molar-refractivity contribution < 1.29 is 28.5 Å². The van der Waals surface area contributed by atoms with E-state index in [1.54, 1.807) is 67.8 Å². The SMILES string of the molecule is COc1cc(OC)c(C=CC(=O)Nc2ccc(OC)c(NC=CC(=O)c3ccc(Cl)cc3)c2)c(OC)c1. The highest BCUT2D eigenvalue weighted by Crippen LogP contribution is 2.35. The summed E-state index contributed by atoms with van der Waals surface area (Å²) in [6.45, 7) is 0. The van der Waals surface area contributed by atoms with Crippen LogP contribution in [0.15, 0.2) is 72.9 Å². The fraction of sp³-hybridized carbons (Fsp3) is 0.143. The molecule has 0 spiro atoms. The van der Waals surface area contributed by atoms with Crippen molar-refractivity contribution in [1.29, 1.82) is 0 Å². The van der Waals surface area contributed by atoms with Crippen molar-refractivity contribution in [3.8, 4) is 23.0 Å². The topological polar surface area (TPSA) is 95.1 Å². The molecule has 0 aliphatic carbocycles. The van der Waals surface area contributed by atoms with Crippen LogP contribution in [-0.4, -0.2) is 40.1 Å². The number of amides is 1. The van der Waals surface area contributed by atoms with E-state index in [1.165, 1.54) is 39.7 Å². The zero-order valence-corrected chi connectivity index (χ0v) is 21.6. The Morgan fingerprint density at radius 3 is 2.03 bits per heavy atom. The summed E-state index contributed by atoms with van der Waals surface area (Å²) in [5.41, 5.74) is 2.17. The van der Waals surface area contributed by atoms with Crippen LogP contribution in [0.2, 0.25) is 5.02 Å². The first kappa shape index (κ1) is 27.2. The molecule has 0 saturated carbocycles. The van der Waals surface area contributed by atoms with Gasteiger partial charge in [0.15, 0.2) is 5.78 Å². The first-order valence-electron chi connectivity index (χ1n) is 11.1. The van der Waals surface area contributed by atoms with Crippen molar-refractivity contribution in [3.05, 3.63) is 89.1 Å². The van der Waals surface area contributed by atoms with Crippen LogP contribution in [0.25, 0.3) is 6.08 Å². The lowest BCUT2D eigenvalue weighted by molar-refractivity contribution is -0.111. The maximum atomic E-state index is 12.6. The molecular weight excluding hydrogens is 496 g/mol. The van der Waals surface area contributed by atoms with Crippen LogP contribution in [0.1, 0.15) is 15.9 Å². The second kappa shape index (κ2) is 13.0. The van der Waals surface area contributed by atoms with Gasteiger partial charge in [-0.15, -0.1) is 0 Å². The van der Waals surface area contributed by atoms with Gasteiger partial charge >= 0.3 is 0 Å². The predicted molar refractivity (Wildman–Crippen MR) is 145 cm³/mol. The summed E-state index contributed by atoms with van der Waals surface area (Å²) < 4.78 is 21.4. The Bertz CT molecular complexity index is 1290. The van der Waals surface area contributed by atoms with Gasteiger partial charge in [-0.1, -0.05) is 11.6 Å². The van der Waals surface area contributed by atoms with Crippen molar-refractivity contribution >= 4 is 40.7 Å². The number of carbonyl (C=O) groups is 2. The lowest BCUT2D eigenvalue weighted by Gasteiger charge is -2.13. The largest absolute Gasteiger partial charge is 0.496 e. The molecule has 0 aromatic heterocycles. The number of nitrogens with one attached hydrogen (secondary N) is 2. The minimum atomic E-state index is -0.371. The number of methoxy groups -OCH3 is 4. The molecule has 192 valence electrons. The quantitative estimate of drug-likeness (QED) is 0.241. The molecule has 37 heavy (non-hydrogen) atoms. The summed E-state index contributed by atoms with van der Waals surface area (Å²) in [6, 6.07) is 15.1. The highest BCUT2D eigenvalue weighted by molar-refractivity contribution is 6.30. The molecule has 0 heterocycles. The molecule has 9 heteroatoms. The lowest BCUT2D eigenvalue weighted by Crippen LogP contribution is -2.08. The Labute approximate surface area is 220 Å². The zero-order chi connectivity index (χ0) is 26.8. The molecule has 0 atom stereocenters. The van der Waals surface area contributed by atoms with Gasteiger partial charge in [0, 0.05) is 46.8 Å². The fourth-order valence-electron chi connectivity index (χ4n) is 3.36. The third kappa shape index (κ3) is 7.28. The van der Waals surface area contributed by atoms with E-state index in [0.717, 1.165) is 0 Å². The molecule has 0 aliphatic heterocycles. The van der Waals surface area contributed by atoms with Gasteiger partial charge < -0.3 is 29.6 Å². The van der Waals surface area contributed by atoms with Crippen molar-refractivity contribution in [2.75, 3.05) is 39.1 Å². The fourth-order valence-corrected chi connectivity index (χ4v) is 3.48. The first-order valence-corrected chi connectivity index (χ1v) is 11.5. The zero-order valence-electron chi connectivity index (χ0n) is 20.8. The van der Waals surface area contributed by atoms with E-state index in [1.807, 2.05) is 0 Å². The Balaban J connectivity index is 1.72. The Hall–Kier alpha value is -4.43. The standard InChI is InChI=1S/C28H27ClN2O6/c1-34-21-16-26(36-3)22(27(17-21)37-4)10-12-28(33)31-20-9-11-25(35-2)23(15-20)30-14-13-24(32)18-5-7-19(29)8-6-18/h5-17,30H,1-4H3,(H,31,33). The average Bonchev–Trinajstić information content (AvgIpc) is 2.91. The molecule has 0 saturated heterocycles. The highest BCUT2D eigenvalue weighted by Gasteiger charge is 2.12. The summed E-state index contributed by atoms with van der Waals surface area (Å²) in [6.07, 6.45) is 5.87. The van der Waals surface area contributed by atoms with E-state index in [9.17, 15) is 9.59 Å². The van der Waals surface area contributed by atoms with Gasteiger partial charge in [-0.2, -0.15) is 0 Å². The number of rotatable bonds is 11. The average molecular weight is 523 g/mol. The van der Waals surface area contributed by atoms with E-state index in [0.29, 0.717) is 50.5 Å². The Morgan fingerprint density at radius 2 is 1.43 bits per heavy atom. The molecule has 0 bridgehead atoms. The normalized spacial score (nSPS) is 10.8. The monoisotopic (exact) mass is 522 g/mol. The molecule has 3 aromatic rings. The van der Waals surface area contributed by atoms with Gasteiger partial charge in [0.05, 0.1) is 39.7 Å². The van der Waals surface area contributed by atoms with Crippen LogP contribution >= 0.6 is 11.6 Å². The molecule has 1 amide bonds. The van der Waals surface area contributed by atoms with E-state index < -0.39 is 0 Å². The van der Waals surface area contributed by atoms with Gasteiger partial charge in [-0.05, 0) is 48.5 Å². The van der Waals surface area contributed by atoms with Crippen LogP contribution in [0.5, 0.6) is 23.0 Å². The van der Waals surface area contributed by atoms with Crippen LogP contribution in [-0.2, 0) is 4.79 Å². The molecule has 3 rings (SSSR count). The summed E-state index contributed by atoms with van der Waals surface area (Å²) in [7, 11) is 6.12. The molecule has 0 unspecified atom stereocenters. The van der Waals surface area contributed by atoms with E-state index in [4.69, 9.17) is 30.5 Å². The van der Waals surface area contributed by atoms with Gasteiger partial charge in [-0.3, -0.25) is 9.59 Å². The summed E-state index contributed by atoms with van der Waals surface area (Å²) in [5.74, 6) is 1.53. The molecule has 0 radical (unpaired) electrons. The molecule has 8 nitrogen and oxygen atoms in total. The molecule has 2 N–H and O–H groups in total. The highest BCUT2D eigenvalue weighted by atomic mass is 35.5. The minimum Gasteiger partial charge on any atom is -0.496 e. The number of anilines is 2. The molecule has 3 aromatic carbocycles. The molecular formula is C28H27ClN2O6. The van der Waals surface area contributed by atoms with Crippen LogP contribution in [0, 0.1) is 0 Å². The van der Waals surface area contributed by atoms with E-state index in [2.05, 4.69) is 10.6 Å². The smallest absolute Gasteiger partial charge is 0.248 e. The second-order valence-electron chi connectivity index (χ2n) is 7.53. The number of allylic oxidation sites excluding steroid dienone is 1. The Morgan fingerprint density at radius 1 is 0.784 bits per heavy atom. The van der Waals surface area contributed by atoms with Gasteiger partial charge in [-0.25, -0.2) is 0 Å². The van der Waals surface area contributed by atoms with Gasteiger partial charge in [0.25, 0.3) is 0 Å². The van der Waals surface area contributed by atoms with Gasteiger partial charge in [0.1, 0.15) is 23.0 Å². The third-order valence-electron chi connectivity index (χ3n) is 5.22. The lowest BCUT2D eigenvalue weighted by atomic mass is 10.1. The van der Waals surface area contributed by atoms with Crippen molar-refractivity contribution in [3.63, 3.8) is 0 Å². The number of hydrogen-bond donors (Lipinski definition) is 2. The third-order valence-corrected chi connectivity index (χ3v) is 5.48. The van der Waals surface area contributed by atoms with Crippen molar-refractivity contribution in [2.45, 2.75) is 0 Å². The number of ether oxygens (including phenoxy) is 4. The summed E-state index contributed by atoms with van der Waals surface area (Å²) >= 11 is 5.87. The van der Waals surface area contributed by atoms with Crippen molar-refractivity contribution in [2.24, 2.45) is 0 Å². The second-order valence-corrected chi connectivity index (χ2v) is 7.97. The van der Waals surface area contributed by atoms with Crippen LogP contribution in [0.3, 0.4) is 0 Å². The summed E-state index contributed by atoms with van der Waals surface area (Å²) in [5, 5.41) is 6.38. The molecule has 0 aliphatic rings. The number of hydrogen-bond acceptors (Lipinski definition) is 7. The Kier molecular flexibility index (Phi) is 9.57. The first-order chi connectivity index (χ1) is 17.9. The minimum absolute atomic E-state index is 0.192.